The topological polar surface area (TPSA) is 30.0 Å². The summed E-state index contributed by atoms with van der Waals surface area (Å²) in [6, 6.07) is 14.2. The van der Waals surface area contributed by atoms with Crippen molar-refractivity contribution < 1.29 is 9.18 Å². The molecular formula is C18H14FNO. The zero-order valence-electron chi connectivity index (χ0n) is 11.9. The lowest BCUT2D eigenvalue weighted by Gasteiger charge is -2.08. The van der Waals surface area contributed by atoms with E-state index < -0.39 is 5.82 Å². The molecule has 2 aromatic carbocycles. The third kappa shape index (κ3) is 2.42. The van der Waals surface area contributed by atoms with Gasteiger partial charge >= 0.3 is 0 Å². The molecule has 0 aliphatic carbocycles. The van der Waals surface area contributed by atoms with E-state index in [2.05, 4.69) is 4.98 Å². The summed E-state index contributed by atoms with van der Waals surface area (Å²) < 4.78 is 14.1. The highest BCUT2D eigenvalue weighted by Gasteiger charge is 2.18. The van der Waals surface area contributed by atoms with Crippen molar-refractivity contribution in [2.75, 3.05) is 0 Å². The zero-order chi connectivity index (χ0) is 15.0. The van der Waals surface area contributed by atoms with Crippen molar-refractivity contribution in [1.29, 1.82) is 0 Å². The standard InChI is InChI=1S/C18H14FNO/c1-11-9-12(2)17(14(19)10-11)18(21)16-8-7-13-5-3-4-6-15(13)20-16/h3-10H,1-2H3. The molecule has 3 rings (SSSR count). The van der Waals surface area contributed by atoms with Crippen LogP contribution in [0, 0.1) is 19.7 Å². The van der Waals surface area contributed by atoms with Gasteiger partial charge < -0.3 is 0 Å². The predicted octanol–water partition coefficient (Wildman–Crippen LogP) is 4.22. The first kappa shape index (κ1) is 13.4. The zero-order valence-corrected chi connectivity index (χ0v) is 11.9. The number of hydrogen-bond donors (Lipinski definition) is 0. The highest BCUT2D eigenvalue weighted by atomic mass is 19.1. The Morgan fingerprint density at radius 1 is 1.05 bits per heavy atom. The third-order valence-electron chi connectivity index (χ3n) is 3.49. The molecule has 0 aliphatic rings. The van der Waals surface area contributed by atoms with E-state index in [1.54, 1.807) is 26.0 Å². The van der Waals surface area contributed by atoms with Crippen molar-refractivity contribution in [1.82, 2.24) is 4.98 Å². The third-order valence-corrected chi connectivity index (χ3v) is 3.49. The SMILES string of the molecule is Cc1cc(C)c(C(=O)c2ccc3ccccc3n2)c(F)c1. The molecule has 0 fully saturated rings. The van der Waals surface area contributed by atoms with Crippen molar-refractivity contribution in [2.45, 2.75) is 13.8 Å². The van der Waals surface area contributed by atoms with Crippen LogP contribution in [0.3, 0.4) is 0 Å². The molecule has 0 radical (unpaired) electrons. The molecule has 0 saturated heterocycles. The summed E-state index contributed by atoms with van der Waals surface area (Å²) in [7, 11) is 0. The molecule has 0 bridgehead atoms. The molecule has 0 amide bonds. The minimum Gasteiger partial charge on any atom is -0.287 e. The number of pyridine rings is 1. The van der Waals surface area contributed by atoms with E-state index in [1.807, 2.05) is 30.3 Å². The van der Waals surface area contributed by atoms with E-state index in [0.29, 0.717) is 5.56 Å². The molecule has 0 aliphatic heterocycles. The van der Waals surface area contributed by atoms with Gasteiger partial charge in [0.2, 0.25) is 5.78 Å². The van der Waals surface area contributed by atoms with Gasteiger partial charge in [-0.25, -0.2) is 9.37 Å². The van der Waals surface area contributed by atoms with Gasteiger partial charge in [-0.2, -0.15) is 0 Å². The highest BCUT2D eigenvalue weighted by Crippen LogP contribution is 2.20. The van der Waals surface area contributed by atoms with Gasteiger partial charge in [0.05, 0.1) is 11.1 Å². The van der Waals surface area contributed by atoms with Gasteiger partial charge in [-0.15, -0.1) is 0 Å². The van der Waals surface area contributed by atoms with Crippen LogP contribution in [0.5, 0.6) is 0 Å². The molecular weight excluding hydrogens is 265 g/mol. The molecule has 0 N–H and O–H groups in total. The van der Waals surface area contributed by atoms with E-state index >= 15 is 0 Å². The number of para-hydroxylation sites is 1. The summed E-state index contributed by atoms with van der Waals surface area (Å²) in [6.07, 6.45) is 0. The Labute approximate surface area is 122 Å². The number of fused-ring (bicyclic) bond motifs is 1. The lowest BCUT2D eigenvalue weighted by Crippen LogP contribution is -2.09. The summed E-state index contributed by atoms with van der Waals surface area (Å²) in [4.78, 5) is 16.9. The fraction of sp³-hybridized carbons (Fsp3) is 0.111. The molecule has 0 unspecified atom stereocenters. The maximum atomic E-state index is 14.1. The van der Waals surface area contributed by atoms with E-state index in [4.69, 9.17) is 0 Å². The van der Waals surface area contributed by atoms with Crippen LogP contribution in [0.4, 0.5) is 4.39 Å². The molecule has 1 heterocycles. The number of carbonyl (C=O) groups is 1. The summed E-state index contributed by atoms with van der Waals surface area (Å²) in [5, 5.41) is 0.954. The van der Waals surface area contributed by atoms with Gasteiger partial charge in [-0.05, 0) is 43.2 Å². The highest BCUT2D eigenvalue weighted by molar-refractivity contribution is 6.09. The normalized spacial score (nSPS) is 10.8. The molecule has 0 saturated carbocycles. The summed E-state index contributed by atoms with van der Waals surface area (Å²) in [6.45, 7) is 3.54. The van der Waals surface area contributed by atoms with Gasteiger partial charge in [0.25, 0.3) is 0 Å². The van der Waals surface area contributed by atoms with Crippen LogP contribution in [-0.2, 0) is 0 Å². The van der Waals surface area contributed by atoms with Crippen molar-refractivity contribution >= 4 is 16.7 Å². The molecule has 3 heteroatoms. The molecule has 21 heavy (non-hydrogen) atoms. The largest absolute Gasteiger partial charge is 0.287 e. The number of carbonyl (C=O) groups excluding carboxylic acids is 1. The van der Waals surface area contributed by atoms with E-state index in [1.165, 1.54) is 6.07 Å². The first-order valence-corrected chi connectivity index (χ1v) is 6.73. The van der Waals surface area contributed by atoms with Gasteiger partial charge in [0, 0.05) is 5.39 Å². The van der Waals surface area contributed by atoms with E-state index in [-0.39, 0.29) is 17.0 Å². The van der Waals surface area contributed by atoms with Crippen LogP contribution in [0.15, 0.2) is 48.5 Å². The van der Waals surface area contributed by atoms with Gasteiger partial charge in [-0.1, -0.05) is 30.3 Å². The Bertz CT molecular complexity index is 832. The lowest BCUT2D eigenvalue weighted by molar-refractivity contribution is 0.103. The van der Waals surface area contributed by atoms with E-state index in [9.17, 15) is 9.18 Å². The second-order valence-corrected chi connectivity index (χ2v) is 5.16. The Morgan fingerprint density at radius 3 is 2.57 bits per heavy atom. The number of rotatable bonds is 2. The van der Waals surface area contributed by atoms with Crippen LogP contribution in [0.2, 0.25) is 0 Å². The van der Waals surface area contributed by atoms with Gasteiger partial charge in [0.15, 0.2) is 0 Å². The molecule has 1 aromatic heterocycles. The lowest BCUT2D eigenvalue weighted by atomic mass is 9.99. The summed E-state index contributed by atoms with van der Waals surface area (Å²) >= 11 is 0. The number of aryl methyl sites for hydroxylation is 2. The van der Waals surface area contributed by atoms with Crippen LogP contribution in [-0.4, -0.2) is 10.8 Å². The van der Waals surface area contributed by atoms with Crippen molar-refractivity contribution in [3.63, 3.8) is 0 Å². The fourth-order valence-corrected chi connectivity index (χ4v) is 2.52. The Kier molecular flexibility index (Phi) is 3.26. The van der Waals surface area contributed by atoms with Crippen molar-refractivity contribution in [2.24, 2.45) is 0 Å². The number of halogens is 1. The van der Waals surface area contributed by atoms with Gasteiger partial charge in [0.1, 0.15) is 11.5 Å². The van der Waals surface area contributed by atoms with Crippen molar-refractivity contribution in [3.8, 4) is 0 Å². The molecule has 2 nitrogen and oxygen atoms in total. The minimum atomic E-state index is -0.493. The second kappa shape index (κ2) is 5.09. The first-order chi connectivity index (χ1) is 10.1. The number of hydrogen-bond acceptors (Lipinski definition) is 2. The number of benzene rings is 2. The maximum absolute atomic E-state index is 14.1. The molecule has 3 aromatic rings. The average Bonchev–Trinajstić information content (AvgIpc) is 2.45. The smallest absolute Gasteiger partial charge is 0.214 e. The maximum Gasteiger partial charge on any atom is 0.214 e. The Balaban J connectivity index is 2.12. The van der Waals surface area contributed by atoms with Crippen LogP contribution in [0.1, 0.15) is 27.2 Å². The molecule has 104 valence electrons. The van der Waals surface area contributed by atoms with Crippen molar-refractivity contribution in [3.05, 3.63) is 76.7 Å². The quantitative estimate of drug-likeness (QED) is 0.657. The molecule has 0 atom stereocenters. The Morgan fingerprint density at radius 2 is 1.81 bits per heavy atom. The predicted molar refractivity (Wildman–Crippen MR) is 81.0 cm³/mol. The van der Waals surface area contributed by atoms with E-state index in [0.717, 1.165) is 16.5 Å². The number of ketones is 1. The second-order valence-electron chi connectivity index (χ2n) is 5.16. The monoisotopic (exact) mass is 279 g/mol. The Hall–Kier alpha value is -2.55. The molecule has 0 spiro atoms. The number of aromatic nitrogens is 1. The van der Waals surface area contributed by atoms with Gasteiger partial charge in [-0.3, -0.25) is 4.79 Å². The summed E-state index contributed by atoms with van der Waals surface area (Å²) in [5.74, 6) is -0.872. The minimum absolute atomic E-state index is 0.100. The van der Waals surface area contributed by atoms with Crippen LogP contribution < -0.4 is 0 Å². The fourth-order valence-electron chi connectivity index (χ4n) is 2.52. The van der Waals surface area contributed by atoms with Crippen LogP contribution in [0.25, 0.3) is 10.9 Å². The first-order valence-electron chi connectivity index (χ1n) is 6.73. The summed E-state index contributed by atoms with van der Waals surface area (Å²) in [5.41, 5.74) is 2.52. The van der Waals surface area contributed by atoms with Crippen LogP contribution >= 0.6 is 0 Å². The average molecular weight is 279 g/mol. The number of nitrogens with zero attached hydrogens (tertiary/aromatic N) is 1.